The maximum atomic E-state index is 6.54. The Morgan fingerprint density at radius 2 is 1.08 bits per heavy atom. The van der Waals surface area contributed by atoms with Gasteiger partial charge in [0, 0.05) is 0 Å². The molecule has 0 aromatic heterocycles. The van der Waals surface area contributed by atoms with E-state index in [-0.39, 0.29) is 12.1 Å². The van der Waals surface area contributed by atoms with Crippen LogP contribution in [0.2, 0.25) is 0 Å². The Balaban J connectivity index is 2.19. The van der Waals surface area contributed by atoms with E-state index in [1.165, 1.54) is 33.4 Å². The minimum atomic E-state index is -2.56. The first kappa shape index (κ1) is 21.9. The first-order chi connectivity index (χ1) is 12.2. The number of hydrogen-bond donors (Lipinski definition) is 2. The van der Waals surface area contributed by atoms with Crippen molar-refractivity contribution in [1.82, 2.24) is 3.53 Å². The molecule has 144 valence electrons. The number of benzene rings is 2. The van der Waals surface area contributed by atoms with Crippen LogP contribution in [0.1, 0.15) is 45.5 Å². The third-order valence-corrected chi connectivity index (χ3v) is 10.0. The fraction of sp³-hybridized carbons (Fsp3) is 0.400. The summed E-state index contributed by atoms with van der Waals surface area (Å²) in [4.78, 5) is 0. The monoisotopic (exact) mass is 567 g/mol. The average Bonchev–Trinajstić information content (AvgIpc) is 2.53. The number of halogens is 2. The molecule has 2 atom stereocenters. The van der Waals surface area contributed by atoms with E-state index in [1.54, 1.807) is 0 Å². The van der Waals surface area contributed by atoms with Gasteiger partial charge in [-0.15, -0.1) is 0 Å². The fourth-order valence-electron chi connectivity index (χ4n) is 3.61. The third-order valence-electron chi connectivity index (χ3n) is 4.80. The zero-order valence-corrected chi connectivity index (χ0v) is 20.0. The van der Waals surface area contributed by atoms with E-state index >= 15 is 0 Å². The van der Waals surface area contributed by atoms with Gasteiger partial charge in [-0.3, -0.25) is 0 Å². The van der Waals surface area contributed by atoms with Gasteiger partial charge in [0.25, 0.3) is 0 Å². The number of nitrogens with zero attached hydrogens (tertiary/aromatic N) is 1. The van der Waals surface area contributed by atoms with E-state index in [2.05, 4.69) is 67.6 Å². The standard InChI is InChI=1S/C20H28N3.2ClH.Re/c1-13-7-5-8-14(2)19(13)17(21)11-23-12-18(22)20-15(3)9-6-10-16(20)4;;;/h5-10,17-18H,11-12,21-22H2,1-4H3;2*1H;/q-1;;;+3/p-2. The summed E-state index contributed by atoms with van der Waals surface area (Å²) in [6.45, 7) is 9.62. The van der Waals surface area contributed by atoms with Crippen molar-refractivity contribution in [3.05, 3.63) is 69.8 Å². The van der Waals surface area contributed by atoms with Crippen LogP contribution >= 0.6 is 19.1 Å². The molecule has 26 heavy (non-hydrogen) atoms. The molecule has 0 aliphatic heterocycles. The van der Waals surface area contributed by atoms with Gasteiger partial charge in [0.1, 0.15) is 0 Å². The molecule has 0 aliphatic rings. The van der Waals surface area contributed by atoms with Crippen LogP contribution in [0.3, 0.4) is 0 Å². The molecule has 0 radical (unpaired) electrons. The van der Waals surface area contributed by atoms with Crippen molar-refractivity contribution in [2.45, 2.75) is 39.8 Å². The number of rotatable bonds is 7. The minimum absolute atomic E-state index is 0.133. The molecule has 4 N–H and O–H groups in total. The van der Waals surface area contributed by atoms with Gasteiger partial charge in [-0.1, -0.05) is 0 Å². The van der Waals surface area contributed by atoms with Gasteiger partial charge in [0.05, 0.1) is 0 Å². The van der Waals surface area contributed by atoms with E-state index in [0.29, 0.717) is 13.1 Å². The molecule has 0 bridgehead atoms. The van der Waals surface area contributed by atoms with Gasteiger partial charge in [-0.25, -0.2) is 0 Å². The normalized spacial score (nSPS) is 14.4. The molecule has 0 fully saturated rings. The van der Waals surface area contributed by atoms with E-state index in [1.807, 2.05) is 0 Å². The van der Waals surface area contributed by atoms with E-state index in [4.69, 9.17) is 30.5 Å². The van der Waals surface area contributed by atoms with Crippen LogP contribution < -0.4 is 11.5 Å². The fourth-order valence-corrected chi connectivity index (χ4v) is 7.14. The van der Waals surface area contributed by atoms with E-state index < -0.39 is 15.0 Å². The summed E-state index contributed by atoms with van der Waals surface area (Å²) in [5.74, 6) is 0. The molecular weight excluding hydrogens is 539 g/mol. The van der Waals surface area contributed by atoms with Gasteiger partial charge in [-0.2, -0.15) is 0 Å². The zero-order valence-electron chi connectivity index (χ0n) is 15.8. The van der Waals surface area contributed by atoms with Gasteiger partial charge in [0.2, 0.25) is 0 Å². The van der Waals surface area contributed by atoms with Crippen LogP contribution in [0.15, 0.2) is 36.4 Å². The zero-order chi connectivity index (χ0) is 19.4. The first-order valence-corrected chi connectivity index (χ1v) is 16.6. The first-order valence-electron chi connectivity index (χ1n) is 8.64. The molecule has 2 aromatic carbocycles. The van der Waals surface area contributed by atoms with Gasteiger partial charge >= 0.3 is 172 Å². The van der Waals surface area contributed by atoms with E-state index in [0.717, 1.165) is 0 Å². The molecule has 0 saturated carbocycles. The van der Waals surface area contributed by atoms with Gasteiger partial charge in [0.15, 0.2) is 0 Å². The second-order valence-corrected chi connectivity index (χ2v) is 15.5. The Bertz CT molecular complexity index is 652. The summed E-state index contributed by atoms with van der Waals surface area (Å²) in [5, 5.41) is 0. The van der Waals surface area contributed by atoms with Crippen molar-refractivity contribution in [1.29, 1.82) is 0 Å². The second kappa shape index (κ2) is 9.66. The van der Waals surface area contributed by atoms with Crippen molar-refractivity contribution in [3.8, 4) is 0 Å². The Morgan fingerprint density at radius 1 is 0.769 bits per heavy atom. The summed E-state index contributed by atoms with van der Waals surface area (Å²) < 4.78 is 2.13. The topological polar surface area (TPSA) is 55.3 Å². The van der Waals surface area contributed by atoms with Crippen LogP contribution in [-0.2, 0) is 15.0 Å². The maximum absolute atomic E-state index is 6.54. The Labute approximate surface area is 171 Å². The SMILES string of the molecule is Cc1cccc(C)c1C(N)C[N](CC(N)c1c(C)cccc1C)[Re]([Cl])[Cl]. The van der Waals surface area contributed by atoms with Crippen molar-refractivity contribution < 1.29 is 15.0 Å². The summed E-state index contributed by atoms with van der Waals surface area (Å²) in [7, 11) is 12.9. The molecular formula is C20H28Cl2N3Re. The Hall–Kier alpha value is -0.438. The van der Waals surface area contributed by atoms with Gasteiger partial charge in [-0.05, 0) is 0 Å². The molecule has 2 rings (SSSR count). The summed E-state index contributed by atoms with van der Waals surface area (Å²) in [5.41, 5.74) is 20.2. The molecule has 2 aromatic rings. The van der Waals surface area contributed by atoms with Gasteiger partial charge < -0.3 is 0 Å². The van der Waals surface area contributed by atoms with Crippen molar-refractivity contribution >= 4 is 19.1 Å². The number of hydrogen-bond acceptors (Lipinski definition) is 3. The molecule has 0 amide bonds. The number of aryl methyl sites for hydroxylation is 4. The third kappa shape index (κ3) is 5.30. The Kier molecular flexibility index (Phi) is 8.13. The molecule has 0 aliphatic carbocycles. The van der Waals surface area contributed by atoms with Crippen molar-refractivity contribution in [2.75, 3.05) is 13.1 Å². The summed E-state index contributed by atoms with van der Waals surface area (Å²) >= 11 is -2.56. The Morgan fingerprint density at radius 3 is 1.35 bits per heavy atom. The molecule has 0 heterocycles. The molecule has 2 unspecified atom stereocenters. The van der Waals surface area contributed by atoms with Crippen LogP contribution in [-0.4, -0.2) is 16.6 Å². The predicted octanol–water partition coefficient (Wildman–Crippen LogP) is 4.76. The second-order valence-electron chi connectivity index (χ2n) is 6.83. The van der Waals surface area contributed by atoms with E-state index in [9.17, 15) is 0 Å². The van der Waals surface area contributed by atoms with Crippen molar-refractivity contribution in [2.24, 2.45) is 11.5 Å². The average molecular weight is 568 g/mol. The predicted molar refractivity (Wildman–Crippen MR) is 109 cm³/mol. The molecule has 0 saturated heterocycles. The molecule has 6 heteroatoms. The molecule has 0 spiro atoms. The van der Waals surface area contributed by atoms with Crippen LogP contribution in [0.4, 0.5) is 0 Å². The van der Waals surface area contributed by atoms with Crippen LogP contribution in [0.5, 0.6) is 0 Å². The molecule has 3 nitrogen and oxygen atoms in total. The van der Waals surface area contributed by atoms with Crippen molar-refractivity contribution in [3.63, 3.8) is 0 Å². The summed E-state index contributed by atoms with van der Waals surface area (Å²) in [6.07, 6.45) is 0. The summed E-state index contributed by atoms with van der Waals surface area (Å²) in [6, 6.07) is 12.2. The quantitative estimate of drug-likeness (QED) is 0.508. The van der Waals surface area contributed by atoms with Crippen LogP contribution in [0, 0.1) is 27.7 Å². The van der Waals surface area contributed by atoms with Crippen LogP contribution in [0.25, 0.3) is 0 Å². The number of nitrogens with two attached hydrogens (primary N) is 2.